The quantitative estimate of drug-likeness (QED) is 0.706. The lowest BCUT2D eigenvalue weighted by molar-refractivity contribution is 0.148. The van der Waals surface area contributed by atoms with Crippen LogP contribution >= 0.6 is 11.8 Å². The number of likely N-dealkylation sites (tertiary alicyclic amines) is 1. The SMILES string of the molecule is Oc1ccc(SC2CN(C(c3ccccc3)c3ccccc3)C2)cc1. The van der Waals surface area contributed by atoms with Crippen LogP contribution in [0, 0.1) is 0 Å². The van der Waals surface area contributed by atoms with Gasteiger partial charge < -0.3 is 5.11 Å². The molecule has 0 aliphatic carbocycles. The molecule has 1 saturated heterocycles. The topological polar surface area (TPSA) is 23.5 Å². The minimum atomic E-state index is 0.319. The molecule has 0 amide bonds. The van der Waals surface area contributed by atoms with Crippen molar-refractivity contribution in [3.8, 4) is 5.75 Å². The first-order valence-electron chi connectivity index (χ1n) is 8.59. The van der Waals surface area contributed by atoms with Gasteiger partial charge in [-0.05, 0) is 35.4 Å². The van der Waals surface area contributed by atoms with Gasteiger partial charge in [0.15, 0.2) is 0 Å². The zero-order valence-corrected chi connectivity index (χ0v) is 14.8. The summed E-state index contributed by atoms with van der Waals surface area (Å²) in [5.41, 5.74) is 2.70. The highest BCUT2D eigenvalue weighted by atomic mass is 32.2. The minimum Gasteiger partial charge on any atom is -0.508 e. The molecule has 0 radical (unpaired) electrons. The summed E-state index contributed by atoms with van der Waals surface area (Å²) in [6.07, 6.45) is 0. The number of hydrogen-bond donors (Lipinski definition) is 1. The third kappa shape index (κ3) is 3.73. The van der Waals surface area contributed by atoms with Gasteiger partial charge in [0.1, 0.15) is 5.75 Å². The summed E-state index contributed by atoms with van der Waals surface area (Å²) in [6, 6.07) is 29.3. The Balaban J connectivity index is 1.48. The number of benzene rings is 3. The molecule has 3 heteroatoms. The number of phenolic OH excluding ortho intramolecular Hbond substituents is 1. The number of nitrogens with zero attached hydrogens (tertiary/aromatic N) is 1. The van der Waals surface area contributed by atoms with Gasteiger partial charge in [-0.2, -0.15) is 0 Å². The lowest BCUT2D eigenvalue weighted by atomic mass is 9.94. The summed E-state index contributed by atoms with van der Waals surface area (Å²) in [6.45, 7) is 2.14. The fourth-order valence-corrected chi connectivity index (χ4v) is 4.57. The molecule has 1 heterocycles. The Hall–Kier alpha value is -2.23. The monoisotopic (exact) mass is 347 g/mol. The third-order valence-electron chi connectivity index (χ3n) is 4.61. The normalized spacial score (nSPS) is 15.2. The van der Waals surface area contributed by atoms with Crippen molar-refractivity contribution >= 4 is 11.8 Å². The van der Waals surface area contributed by atoms with Gasteiger partial charge in [0.25, 0.3) is 0 Å². The van der Waals surface area contributed by atoms with Crippen molar-refractivity contribution in [2.45, 2.75) is 16.2 Å². The Morgan fingerprint density at radius 2 is 1.28 bits per heavy atom. The van der Waals surface area contributed by atoms with E-state index in [2.05, 4.69) is 65.6 Å². The van der Waals surface area contributed by atoms with E-state index in [0.29, 0.717) is 17.0 Å². The highest BCUT2D eigenvalue weighted by molar-refractivity contribution is 8.00. The van der Waals surface area contributed by atoms with Crippen LogP contribution in [0.25, 0.3) is 0 Å². The molecule has 0 unspecified atom stereocenters. The second-order valence-electron chi connectivity index (χ2n) is 6.41. The lowest BCUT2D eigenvalue weighted by Crippen LogP contribution is -2.50. The number of phenols is 1. The van der Waals surface area contributed by atoms with Gasteiger partial charge in [-0.25, -0.2) is 0 Å². The average molecular weight is 347 g/mol. The fourth-order valence-electron chi connectivity index (χ4n) is 3.36. The Morgan fingerprint density at radius 1 is 0.760 bits per heavy atom. The van der Waals surface area contributed by atoms with Crippen molar-refractivity contribution in [2.24, 2.45) is 0 Å². The maximum atomic E-state index is 9.41. The summed E-state index contributed by atoms with van der Waals surface area (Å²) in [4.78, 5) is 3.77. The van der Waals surface area contributed by atoms with Crippen LogP contribution in [-0.2, 0) is 0 Å². The summed E-state index contributed by atoms with van der Waals surface area (Å²) >= 11 is 1.90. The van der Waals surface area contributed by atoms with Crippen molar-refractivity contribution in [1.29, 1.82) is 0 Å². The van der Waals surface area contributed by atoms with Crippen molar-refractivity contribution in [3.63, 3.8) is 0 Å². The van der Waals surface area contributed by atoms with E-state index in [1.165, 1.54) is 16.0 Å². The predicted octanol–water partition coefficient (Wildman–Crippen LogP) is 4.96. The zero-order chi connectivity index (χ0) is 17.1. The molecule has 0 atom stereocenters. The minimum absolute atomic E-state index is 0.319. The first-order chi connectivity index (χ1) is 12.3. The molecule has 1 aliphatic rings. The van der Waals surface area contributed by atoms with E-state index in [1.54, 1.807) is 12.1 Å². The number of rotatable bonds is 5. The second kappa shape index (κ2) is 7.34. The maximum absolute atomic E-state index is 9.41. The highest BCUT2D eigenvalue weighted by Gasteiger charge is 2.34. The molecule has 1 fully saturated rings. The summed E-state index contributed by atoms with van der Waals surface area (Å²) in [7, 11) is 0. The Labute approximate surface area is 153 Å². The van der Waals surface area contributed by atoms with E-state index < -0.39 is 0 Å². The van der Waals surface area contributed by atoms with E-state index in [-0.39, 0.29) is 0 Å². The van der Waals surface area contributed by atoms with Crippen LogP contribution in [0.1, 0.15) is 17.2 Å². The zero-order valence-electron chi connectivity index (χ0n) is 14.0. The van der Waals surface area contributed by atoms with Crippen LogP contribution in [0.2, 0.25) is 0 Å². The Bertz CT molecular complexity index is 759. The summed E-state index contributed by atoms with van der Waals surface area (Å²) < 4.78 is 0. The van der Waals surface area contributed by atoms with Crippen LogP contribution in [-0.4, -0.2) is 28.3 Å². The number of thioether (sulfide) groups is 1. The van der Waals surface area contributed by atoms with Crippen LogP contribution in [0.3, 0.4) is 0 Å². The average Bonchev–Trinajstić information content (AvgIpc) is 2.63. The largest absolute Gasteiger partial charge is 0.508 e. The van der Waals surface area contributed by atoms with E-state index in [1.807, 2.05) is 23.9 Å². The molecule has 0 spiro atoms. The van der Waals surface area contributed by atoms with Crippen LogP contribution < -0.4 is 0 Å². The molecule has 1 N–H and O–H groups in total. The molecule has 3 aromatic rings. The Morgan fingerprint density at radius 3 is 1.80 bits per heavy atom. The molecule has 2 nitrogen and oxygen atoms in total. The van der Waals surface area contributed by atoms with Crippen molar-refractivity contribution in [2.75, 3.05) is 13.1 Å². The van der Waals surface area contributed by atoms with Crippen LogP contribution in [0.5, 0.6) is 5.75 Å². The van der Waals surface area contributed by atoms with Gasteiger partial charge in [-0.1, -0.05) is 60.7 Å². The van der Waals surface area contributed by atoms with Crippen molar-refractivity contribution in [3.05, 3.63) is 96.1 Å². The molecule has 1 aliphatic heterocycles. The molecule has 25 heavy (non-hydrogen) atoms. The van der Waals surface area contributed by atoms with Crippen LogP contribution in [0.15, 0.2) is 89.8 Å². The van der Waals surface area contributed by atoms with Gasteiger partial charge in [0.2, 0.25) is 0 Å². The molecule has 126 valence electrons. The van der Waals surface area contributed by atoms with Crippen molar-refractivity contribution in [1.82, 2.24) is 4.90 Å². The van der Waals surface area contributed by atoms with Crippen LogP contribution in [0.4, 0.5) is 0 Å². The lowest BCUT2D eigenvalue weighted by Gasteiger charge is -2.44. The third-order valence-corrected chi connectivity index (χ3v) is 5.79. The van der Waals surface area contributed by atoms with Gasteiger partial charge in [0, 0.05) is 23.2 Å². The molecule has 0 bridgehead atoms. The fraction of sp³-hybridized carbons (Fsp3) is 0.182. The first-order valence-corrected chi connectivity index (χ1v) is 9.47. The van der Waals surface area contributed by atoms with E-state index in [9.17, 15) is 5.11 Å². The van der Waals surface area contributed by atoms with E-state index in [4.69, 9.17) is 0 Å². The summed E-state index contributed by atoms with van der Waals surface area (Å²) in [5, 5.41) is 10.0. The standard InChI is InChI=1S/C22H21NOS/c24-19-11-13-20(14-12-19)25-21-15-23(16-21)22(17-7-3-1-4-8-17)18-9-5-2-6-10-18/h1-14,21-22,24H,15-16H2. The smallest absolute Gasteiger partial charge is 0.115 e. The second-order valence-corrected chi connectivity index (χ2v) is 7.79. The van der Waals surface area contributed by atoms with Gasteiger partial charge in [-0.15, -0.1) is 11.8 Å². The molecule has 3 aromatic carbocycles. The van der Waals surface area contributed by atoms with Gasteiger partial charge in [0.05, 0.1) is 6.04 Å². The molecular weight excluding hydrogens is 326 g/mol. The van der Waals surface area contributed by atoms with Crippen molar-refractivity contribution < 1.29 is 5.11 Å². The predicted molar refractivity (Wildman–Crippen MR) is 104 cm³/mol. The van der Waals surface area contributed by atoms with E-state index in [0.717, 1.165) is 13.1 Å². The summed E-state index contributed by atoms with van der Waals surface area (Å²) in [5.74, 6) is 0.327. The van der Waals surface area contributed by atoms with Gasteiger partial charge >= 0.3 is 0 Å². The van der Waals surface area contributed by atoms with Gasteiger partial charge in [-0.3, -0.25) is 4.90 Å². The Kier molecular flexibility index (Phi) is 4.77. The molecular formula is C22H21NOS. The molecule has 4 rings (SSSR count). The number of hydrogen-bond acceptors (Lipinski definition) is 3. The number of aromatic hydroxyl groups is 1. The maximum Gasteiger partial charge on any atom is 0.115 e. The van der Waals surface area contributed by atoms with E-state index >= 15 is 0 Å². The molecule has 0 aromatic heterocycles. The highest BCUT2D eigenvalue weighted by Crippen LogP contribution is 2.38. The first kappa shape index (κ1) is 16.2. The molecule has 0 saturated carbocycles.